The first-order valence-electron chi connectivity index (χ1n) is 8.88. The van der Waals surface area contributed by atoms with Crippen molar-refractivity contribution < 1.29 is 29.6 Å². The summed E-state index contributed by atoms with van der Waals surface area (Å²) in [6.45, 7) is 11.2. The van der Waals surface area contributed by atoms with Crippen molar-refractivity contribution in [3.05, 3.63) is 36.0 Å². The fraction of sp³-hybridized carbons (Fsp3) is 0.650. The van der Waals surface area contributed by atoms with E-state index in [1.165, 1.54) is 0 Å². The number of allylic oxidation sites excluding steroid dienone is 4. The van der Waals surface area contributed by atoms with E-state index in [2.05, 4.69) is 6.58 Å². The molecule has 0 unspecified atom stereocenters. The summed E-state index contributed by atoms with van der Waals surface area (Å²) in [6.07, 6.45) is 2.02. The van der Waals surface area contributed by atoms with Crippen LogP contribution in [0.5, 0.6) is 0 Å². The van der Waals surface area contributed by atoms with Gasteiger partial charge < -0.3 is 24.8 Å². The normalized spacial score (nSPS) is 29.0. The van der Waals surface area contributed by atoms with E-state index in [4.69, 9.17) is 9.47 Å². The summed E-state index contributed by atoms with van der Waals surface area (Å²) in [5.41, 5.74) is 1.18. The number of ketones is 1. The van der Waals surface area contributed by atoms with Gasteiger partial charge in [-0.3, -0.25) is 4.79 Å². The van der Waals surface area contributed by atoms with E-state index < -0.39 is 30.2 Å². The fourth-order valence-electron chi connectivity index (χ4n) is 2.68. The second-order valence-electron chi connectivity index (χ2n) is 7.34. The van der Waals surface area contributed by atoms with Crippen LogP contribution in [0.15, 0.2) is 36.0 Å². The van der Waals surface area contributed by atoms with Crippen molar-refractivity contribution in [1.82, 2.24) is 0 Å². The van der Waals surface area contributed by atoms with E-state index >= 15 is 0 Å². The summed E-state index contributed by atoms with van der Waals surface area (Å²) in [6, 6.07) is 0. The van der Waals surface area contributed by atoms with E-state index in [0.717, 1.165) is 11.1 Å². The van der Waals surface area contributed by atoms with Gasteiger partial charge in [-0.1, -0.05) is 23.3 Å². The highest BCUT2D eigenvalue weighted by Crippen LogP contribution is 2.27. The molecule has 0 amide bonds. The first-order valence-corrected chi connectivity index (χ1v) is 8.88. The lowest BCUT2D eigenvalue weighted by molar-refractivity contribution is -0.292. The molecule has 1 aliphatic rings. The molecular formula is C20H32O6. The zero-order valence-electron chi connectivity index (χ0n) is 16.1. The monoisotopic (exact) mass is 368 g/mol. The van der Waals surface area contributed by atoms with Crippen LogP contribution in [-0.4, -0.2) is 57.9 Å². The number of aliphatic hydroxyl groups is 3. The molecule has 1 heterocycles. The van der Waals surface area contributed by atoms with Crippen molar-refractivity contribution in [3.8, 4) is 0 Å². The summed E-state index contributed by atoms with van der Waals surface area (Å²) >= 11 is 0. The van der Waals surface area contributed by atoms with Crippen molar-refractivity contribution in [2.75, 3.05) is 6.61 Å². The standard InChI is InChI=1S/C20H32O6/c1-6-20(5,26-19-18(24)17(23)16(22)12-25-19)9-7-8-14(4)11-15(21)10-13(2)3/h6,8,10,16-19,22-24H,1,7,9,11-12H2,2-5H3/b14-8+/t16-,17+,18-,19+,20-/m1/s1. The average molecular weight is 368 g/mol. The maximum Gasteiger partial charge on any atom is 0.187 e. The average Bonchev–Trinajstić information content (AvgIpc) is 2.54. The van der Waals surface area contributed by atoms with Crippen LogP contribution in [0, 0.1) is 0 Å². The van der Waals surface area contributed by atoms with E-state index in [-0.39, 0.29) is 12.4 Å². The van der Waals surface area contributed by atoms with Gasteiger partial charge in [-0.2, -0.15) is 0 Å². The molecular weight excluding hydrogens is 336 g/mol. The van der Waals surface area contributed by atoms with Gasteiger partial charge in [0.15, 0.2) is 12.1 Å². The van der Waals surface area contributed by atoms with Crippen LogP contribution in [0.1, 0.15) is 47.0 Å². The predicted molar refractivity (Wildman–Crippen MR) is 99.5 cm³/mol. The van der Waals surface area contributed by atoms with Crippen LogP contribution in [0.2, 0.25) is 0 Å². The highest BCUT2D eigenvalue weighted by Gasteiger charge is 2.41. The molecule has 0 aliphatic carbocycles. The lowest BCUT2D eigenvalue weighted by Gasteiger charge is -2.39. The highest BCUT2D eigenvalue weighted by molar-refractivity contribution is 5.91. The van der Waals surface area contributed by atoms with Crippen LogP contribution < -0.4 is 0 Å². The number of carbonyl (C=O) groups excluding carboxylic acids is 1. The summed E-state index contributed by atoms with van der Waals surface area (Å²) in [5, 5.41) is 29.3. The molecule has 0 aromatic heterocycles. The minimum Gasteiger partial charge on any atom is -0.388 e. The molecule has 0 bridgehead atoms. The third kappa shape index (κ3) is 7.13. The van der Waals surface area contributed by atoms with Gasteiger partial charge in [0.25, 0.3) is 0 Å². The van der Waals surface area contributed by atoms with E-state index in [1.54, 1.807) is 12.2 Å². The van der Waals surface area contributed by atoms with Gasteiger partial charge in [0.2, 0.25) is 0 Å². The Hall–Kier alpha value is -1.31. The predicted octanol–water partition coefficient (Wildman–Crippen LogP) is 2.04. The van der Waals surface area contributed by atoms with Crippen LogP contribution in [0.4, 0.5) is 0 Å². The van der Waals surface area contributed by atoms with Gasteiger partial charge in [0.1, 0.15) is 18.3 Å². The Labute approximate surface area is 155 Å². The Balaban J connectivity index is 2.59. The van der Waals surface area contributed by atoms with Gasteiger partial charge >= 0.3 is 0 Å². The largest absolute Gasteiger partial charge is 0.388 e. The molecule has 5 atom stereocenters. The zero-order chi connectivity index (χ0) is 19.9. The Bertz CT molecular complexity index is 549. The summed E-state index contributed by atoms with van der Waals surface area (Å²) < 4.78 is 11.1. The number of carbonyl (C=O) groups is 1. The second-order valence-corrected chi connectivity index (χ2v) is 7.34. The van der Waals surface area contributed by atoms with E-state index in [9.17, 15) is 20.1 Å². The quantitative estimate of drug-likeness (QED) is 0.426. The van der Waals surface area contributed by atoms with Crippen LogP contribution in [-0.2, 0) is 14.3 Å². The fourth-order valence-corrected chi connectivity index (χ4v) is 2.68. The van der Waals surface area contributed by atoms with Crippen molar-refractivity contribution in [3.63, 3.8) is 0 Å². The smallest absolute Gasteiger partial charge is 0.187 e. The molecule has 1 fully saturated rings. The second kappa shape index (κ2) is 10.1. The molecule has 6 heteroatoms. The third-order valence-corrected chi connectivity index (χ3v) is 4.31. The van der Waals surface area contributed by atoms with Crippen molar-refractivity contribution in [1.29, 1.82) is 0 Å². The molecule has 0 saturated carbocycles. The lowest BCUT2D eigenvalue weighted by atomic mass is 9.97. The molecule has 148 valence electrons. The molecule has 3 N–H and O–H groups in total. The van der Waals surface area contributed by atoms with E-state index in [0.29, 0.717) is 19.3 Å². The van der Waals surface area contributed by atoms with E-state index in [1.807, 2.05) is 33.8 Å². The first kappa shape index (κ1) is 22.7. The molecule has 1 aliphatic heterocycles. The maximum atomic E-state index is 11.8. The van der Waals surface area contributed by atoms with Gasteiger partial charge in [-0.05, 0) is 46.6 Å². The molecule has 0 spiro atoms. The Morgan fingerprint density at radius 3 is 2.50 bits per heavy atom. The third-order valence-electron chi connectivity index (χ3n) is 4.31. The number of hydrogen-bond donors (Lipinski definition) is 3. The maximum absolute atomic E-state index is 11.8. The molecule has 1 rings (SSSR count). The molecule has 0 aromatic carbocycles. The summed E-state index contributed by atoms with van der Waals surface area (Å²) in [5.74, 6) is 0.0766. The number of aliphatic hydroxyl groups excluding tert-OH is 3. The molecule has 26 heavy (non-hydrogen) atoms. The molecule has 0 aromatic rings. The van der Waals surface area contributed by atoms with Crippen molar-refractivity contribution in [2.24, 2.45) is 0 Å². The Kier molecular flexibility index (Phi) is 8.86. The van der Waals surface area contributed by atoms with Gasteiger partial charge in [-0.25, -0.2) is 0 Å². The Morgan fingerprint density at radius 2 is 1.92 bits per heavy atom. The number of ether oxygens (including phenoxy) is 2. The molecule has 6 nitrogen and oxygen atoms in total. The summed E-state index contributed by atoms with van der Waals surface area (Å²) in [7, 11) is 0. The Morgan fingerprint density at radius 1 is 1.27 bits per heavy atom. The topological polar surface area (TPSA) is 96.2 Å². The summed E-state index contributed by atoms with van der Waals surface area (Å²) in [4.78, 5) is 11.8. The van der Waals surface area contributed by atoms with Gasteiger partial charge in [-0.15, -0.1) is 6.58 Å². The molecule has 0 radical (unpaired) electrons. The molecule has 1 saturated heterocycles. The van der Waals surface area contributed by atoms with Crippen molar-refractivity contribution >= 4 is 5.78 Å². The van der Waals surface area contributed by atoms with Gasteiger partial charge in [0.05, 0.1) is 12.2 Å². The van der Waals surface area contributed by atoms with Crippen LogP contribution >= 0.6 is 0 Å². The van der Waals surface area contributed by atoms with Gasteiger partial charge in [0, 0.05) is 6.42 Å². The SMILES string of the molecule is C=C[C@](C)(CC/C=C(\C)CC(=O)C=C(C)C)O[C@@H]1OC[C@@H](O)[C@H](O)[C@H]1O. The minimum absolute atomic E-state index is 0.0766. The van der Waals surface area contributed by atoms with Crippen molar-refractivity contribution in [2.45, 2.75) is 77.2 Å². The zero-order valence-corrected chi connectivity index (χ0v) is 16.1. The van der Waals surface area contributed by atoms with Crippen LogP contribution in [0.25, 0.3) is 0 Å². The minimum atomic E-state index is -1.34. The lowest BCUT2D eigenvalue weighted by Crippen LogP contribution is -2.55. The van der Waals surface area contributed by atoms with Crippen LogP contribution in [0.3, 0.4) is 0 Å². The number of hydrogen-bond acceptors (Lipinski definition) is 6. The number of rotatable bonds is 9. The highest BCUT2D eigenvalue weighted by atomic mass is 16.7. The first-order chi connectivity index (χ1) is 12.1.